The average molecular weight is 1600 g/mol. The van der Waals surface area contributed by atoms with E-state index in [-0.39, 0.29) is 56.4 Å². The molecule has 6 fully saturated rings. The van der Waals surface area contributed by atoms with Gasteiger partial charge in [-0.05, 0) is 240 Å². The Morgan fingerprint density at radius 2 is 0.902 bits per heavy atom. The molecule has 5 aromatic carbocycles. The third kappa shape index (κ3) is 32.4. The number of aliphatic hydroxyl groups excluding tert-OH is 1. The SMILES string of the molecule is CC(C)(C)OC(=O)N[C@H](C(=O)N1CCC1)c1ccc(OCCOC2CCCCO2)cc1.CC(C)(C)OC(=O)N[C@H](C(=O)O)c1ccc(OCCOC2CCCCO2)cc1.CN(C(=O)Cc1ccc(Cl)c(Cl)c1)[C@H](CN1CCC1)c1ccc(OCCO)cc1.CN[C@H](CN1CCC1)c1ccc(OCCOC2CCCCO2)cc1. The van der Waals surface area contributed by atoms with Crippen molar-refractivity contribution in [1.82, 2.24) is 35.6 Å². The molecule has 0 bridgehead atoms. The Balaban J connectivity index is 0.000000188. The van der Waals surface area contributed by atoms with Gasteiger partial charge in [0.15, 0.2) is 24.9 Å². The van der Waals surface area contributed by atoms with E-state index in [9.17, 15) is 29.1 Å². The van der Waals surface area contributed by atoms with Crippen molar-refractivity contribution in [2.75, 3.05) is 139 Å². The lowest BCUT2D eigenvalue weighted by atomic mass is 10.0. The first kappa shape index (κ1) is 90.0. The molecule has 26 nitrogen and oxygen atoms in total. The summed E-state index contributed by atoms with van der Waals surface area (Å²) in [6.07, 6.45) is 11.6. The number of carboxylic acids is 1. The third-order valence-corrected chi connectivity index (χ3v) is 19.8. The van der Waals surface area contributed by atoms with Crippen molar-refractivity contribution in [2.24, 2.45) is 0 Å². The van der Waals surface area contributed by atoms with E-state index >= 15 is 0 Å². The van der Waals surface area contributed by atoms with Crippen molar-refractivity contribution in [1.29, 1.82) is 0 Å². The van der Waals surface area contributed by atoms with Gasteiger partial charge >= 0.3 is 18.2 Å². The predicted molar refractivity (Wildman–Crippen MR) is 426 cm³/mol. The standard InChI is InChI=1S/C23H34N2O6.C22H26Cl2N2O3.C20H29NO7.C19H30N2O3/c1-23(2,3)31-22(27)24-20(21(26)25-12-6-13-25)17-8-10-18(11-9-17)28-15-16-30-19-7-4-5-14-29-19;1-25(22(28)14-16-3-8-19(23)20(24)13-16)21(15-26-9-2-10-26)17-4-6-18(7-5-17)29-12-11-27;1-20(2,3)28-19(24)21-17(18(22)23)14-7-9-15(10-8-14)25-12-13-27-16-6-4-5-11-26-16;1-20-18(15-21-10-4-11-21)16-6-8-17(9-7-16)22-13-14-24-19-5-2-3-12-23-19/h8-11,19-20H,4-7,12-16H2,1-3H3,(H,24,27);3-8,13,21,27H,2,9-12,14-15H2,1H3;7-10,16-17H,4-6,11-13H2,1-3H3,(H,21,24)(H,22,23);6-9,18-20H,2-5,10-15H2,1H3/t19?,20-;21-;16?,17-;18-,19?/m0101/s1. The Labute approximate surface area is 670 Å². The topological polar surface area (TPSA) is 286 Å². The van der Waals surface area contributed by atoms with E-state index in [1.165, 1.54) is 37.9 Å². The fourth-order valence-electron chi connectivity index (χ4n) is 12.5. The van der Waals surface area contributed by atoms with E-state index in [0.29, 0.717) is 97.2 Å². The van der Waals surface area contributed by atoms with Gasteiger partial charge in [0.2, 0.25) is 11.8 Å². The molecule has 6 saturated heterocycles. The number of hydrogen-bond acceptors (Lipinski definition) is 21. The first-order valence-electron chi connectivity index (χ1n) is 39.4. The van der Waals surface area contributed by atoms with Crippen molar-refractivity contribution in [3.05, 3.63) is 153 Å². The number of aliphatic carboxylic acids is 1. The Kier molecular flexibility index (Phi) is 38.0. The van der Waals surface area contributed by atoms with Gasteiger partial charge in [-0.1, -0.05) is 77.8 Å². The third-order valence-electron chi connectivity index (χ3n) is 19.0. The van der Waals surface area contributed by atoms with Gasteiger partial charge in [-0.15, -0.1) is 0 Å². The van der Waals surface area contributed by atoms with Gasteiger partial charge in [0.1, 0.15) is 66.7 Å². The van der Waals surface area contributed by atoms with Crippen LogP contribution in [-0.2, 0) is 58.7 Å². The minimum Gasteiger partial charge on any atom is -0.491 e. The highest BCUT2D eigenvalue weighted by Crippen LogP contribution is 2.30. The number of aliphatic hydroxyl groups is 1. The minimum absolute atomic E-state index is 0.0225. The summed E-state index contributed by atoms with van der Waals surface area (Å²) in [7, 11) is 3.88. The van der Waals surface area contributed by atoms with E-state index in [1.807, 2.05) is 61.5 Å². The second kappa shape index (κ2) is 47.3. The fraction of sp³-hybridized carbons (Fsp3) is 0.583. The number of nitrogens with one attached hydrogen (secondary N) is 3. The number of hydrogen-bond donors (Lipinski definition) is 5. The number of rotatable bonds is 34. The molecular weight excluding hydrogens is 1480 g/mol. The molecular formula is C84H119Cl2N7O19. The molecule has 5 N–H and O–H groups in total. The van der Waals surface area contributed by atoms with Crippen molar-refractivity contribution in [3.63, 3.8) is 0 Å². The highest BCUT2D eigenvalue weighted by atomic mass is 35.5. The zero-order valence-corrected chi connectivity index (χ0v) is 68.0. The predicted octanol–water partition coefficient (Wildman–Crippen LogP) is 13.1. The van der Waals surface area contributed by atoms with Gasteiger partial charge in [0.25, 0.3) is 0 Å². The summed E-state index contributed by atoms with van der Waals surface area (Å²) in [5.74, 6) is 1.56. The molecule has 28 heteroatoms. The van der Waals surface area contributed by atoms with Crippen LogP contribution in [0.4, 0.5) is 9.59 Å². The molecule has 618 valence electrons. The molecule has 0 saturated carbocycles. The number of carbonyl (C=O) groups excluding carboxylic acids is 4. The summed E-state index contributed by atoms with van der Waals surface area (Å²) < 4.78 is 66.5. The lowest BCUT2D eigenvalue weighted by molar-refractivity contribution is -0.165. The molecule has 6 aliphatic heterocycles. The molecule has 11 rings (SSSR count). The van der Waals surface area contributed by atoms with Crippen molar-refractivity contribution >= 4 is 53.2 Å². The number of amides is 4. The highest BCUT2D eigenvalue weighted by Gasteiger charge is 2.33. The molecule has 0 aliphatic carbocycles. The zero-order valence-electron chi connectivity index (χ0n) is 66.5. The van der Waals surface area contributed by atoms with Gasteiger partial charge in [-0.3, -0.25) is 9.59 Å². The van der Waals surface area contributed by atoms with Crippen LogP contribution in [0.15, 0.2) is 115 Å². The van der Waals surface area contributed by atoms with E-state index < -0.39 is 41.4 Å². The highest BCUT2D eigenvalue weighted by molar-refractivity contribution is 6.42. The van der Waals surface area contributed by atoms with Gasteiger partial charge < -0.3 is 103 Å². The number of likely N-dealkylation sites (tertiary alicyclic amines) is 3. The van der Waals surface area contributed by atoms with Crippen molar-refractivity contribution in [2.45, 2.75) is 179 Å². The van der Waals surface area contributed by atoms with Crippen LogP contribution >= 0.6 is 23.2 Å². The molecule has 6 aliphatic rings. The number of carbonyl (C=O) groups is 5. The van der Waals surface area contributed by atoms with Gasteiger partial charge in [-0.2, -0.15) is 0 Å². The number of ether oxygens (including phenoxy) is 12. The zero-order chi connectivity index (χ0) is 80.3. The Bertz CT molecular complexity index is 3580. The molecule has 0 aromatic heterocycles. The van der Waals surface area contributed by atoms with E-state index in [2.05, 4.69) is 37.9 Å². The first-order valence-corrected chi connectivity index (χ1v) is 40.2. The quantitative estimate of drug-likeness (QED) is 0.0239. The second-order valence-electron chi connectivity index (χ2n) is 30.2. The smallest absolute Gasteiger partial charge is 0.408 e. The number of nitrogens with zero attached hydrogens (tertiary/aromatic N) is 4. The van der Waals surface area contributed by atoms with Gasteiger partial charge in [0, 0.05) is 59.1 Å². The molecule has 7 atom stereocenters. The van der Waals surface area contributed by atoms with Crippen LogP contribution in [0.2, 0.25) is 10.0 Å². The summed E-state index contributed by atoms with van der Waals surface area (Å²) in [5, 5.41) is 27.7. The monoisotopic (exact) mass is 1600 g/mol. The van der Waals surface area contributed by atoms with Crippen LogP contribution in [0.3, 0.4) is 0 Å². The molecule has 0 spiro atoms. The number of likely N-dealkylation sites (N-methyl/N-ethyl adjacent to an activating group) is 2. The summed E-state index contributed by atoms with van der Waals surface area (Å²) in [6, 6.07) is 33.4. The first-order chi connectivity index (χ1) is 53.9. The van der Waals surface area contributed by atoms with Crippen molar-refractivity contribution in [3.8, 4) is 23.0 Å². The maximum absolute atomic E-state index is 13.0. The van der Waals surface area contributed by atoms with E-state index in [0.717, 1.165) is 121 Å². The Hall–Kier alpha value is -7.57. The van der Waals surface area contributed by atoms with Gasteiger partial charge in [0.05, 0.1) is 48.9 Å². The van der Waals surface area contributed by atoms with E-state index in [4.69, 9.17) is 85.2 Å². The minimum atomic E-state index is -1.21. The number of carboxylic acid groups (broad SMARTS) is 1. The summed E-state index contributed by atoms with van der Waals surface area (Å²) in [4.78, 5) is 69.9. The lowest BCUT2D eigenvalue weighted by Crippen LogP contribution is -2.49. The Morgan fingerprint density at radius 1 is 0.500 bits per heavy atom. The molecule has 0 radical (unpaired) electrons. The molecule has 5 aromatic rings. The van der Waals surface area contributed by atoms with Crippen LogP contribution in [0, 0.1) is 0 Å². The molecule has 112 heavy (non-hydrogen) atoms. The van der Waals surface area contributed by atoms with Crippen molar-refractivity contribution < 1.29 is 91.0 Å². The number of halogens is 2. The van der Waals surface area contributed by atoms with Gasteiger partial charge in [-0.25, -0.2) is 14.4 Å². The van der Waals surface area contributed by atoms with Crippen LogP contribution in [-0.4, -0.2) is 229 Å². The van der Waals surface area contributed by atoms with Crippen LogP contribution in [0.25, 0.3) is 0 Å². The number of alkyl carbamates (subject to hydrolysis) is 2. The maximum Gasteiger partial charge on any atom is 0.408 e. The van der Waals surface area contributed by atoms with Crippen LogP contribution in [0.5, 0.6) is 23.0 Å². The van der Waals surface area contributed by atoms with E-state index in [1.54, 1.807) is 107 Å². The largest absolute Gasteiger partial charge is 0.491 e. The fourth-order valence-corrected chi connectivity index (χ4v) is 12.8. The normalized spacial score (nSPS) is 18.8. The lowest BCUT2D eigenvalue weighted by Gasteiger charge is -2.38. The molecule has 3 unspecified atom stereocenters. The molecule has 6 heterocycles. The Morgan fingerprint density at radius 3 is 1.27 bits per heavy atom. The molecule has 4 amide bonds. The maximum atomic E-state index is 13.0. The summed E-state index contributed by atoms with van der Waals surface area (Å²) >= 11 is 12.1. The van der Waals surface area contributed by atoms with Crippen LogP contribution < -0.4 is 34.9 Å². The summed E-state index contributed by atoms with van der Waals surface area (Å²) in [5.41, 5.74) is 2.94. The number of benzene rings is 5. The average Bonchev–Trinajstić information content (AvgIpc) is 0.832. The second-order valence-corrected chi connectivity index (χ2v) is 31.0. The summed E-state index contributed by atoms with van der Waals surface area (Å²) in [6.45, 7) is 23.6. The van der Waals surface area contributed by atoms with Crippen LogP contribution in [0.1, 0.15) is 171 Å².